The van der Waals surface area contributed by atoms with Crippen LogP contribution in [0.2, 0.25) is 0 Å². The summed E-state index contributed by atoms with van der Waals surface area (Å²) in [4.78, 5) is 19.4. The smallest absolute Gasteiger partial charge is 0.254 e. The predicted molar refractivity (Wildman–Crippen MR) is 93.7 cm³/mol. The van der Waals surface area contributed by atoms with E-state index in [1.165, 1.54) is 12.1 Å². The van der Waals surface area contributed by atoms with Crippen LogP contribution in [0.3, 0.4) is 0 Å². The standard InChI is InChI=1S/C19H25FN4O/c1-22-5-7-23(8-6-22)13-15-3-2-4-24(14-15)19(25)17-9-16(12-21)10-18(20)11-17/h9-11,15H,2-8,13-14H2,1H3/t15-/m1/s1. The van der Waals surface area contributed by atoms with E-state index in [0.717, 1.165) is 51.6 Å². The molecule has 0 aliphatic carbocycles. The van der Waals surface area contributed by atoms with Crippen molar-refractivity contribution in [1.29, 1.82) is 5.26 Å². The molecular formula is C19H25FN4O. The van der Waals surface area contributed by atoms with Gasteiger partial charge in [-0.25, -0.2) is 4.39 Å². The Balaban J connectivity index is 1.62. The molecule has 2 aliphatic rings. The number of rotatable bonds is 3. The number of piperidine rings is 1. The van der Waals surface area contributed by atoms with Gasteiger partial charge in [-0.3, -0.25) is 4.79 Å². The van der Waals surface area contributed by atoms with Gasteiger partial charge in [0.05, 0.1) is 11.6 Å². The number of carbonyl (C=O) groups is 1. The molecule has 0 saturated carbocycles. The molecule has 0 spiro atoms. The Morgan fingerprint density at radius 2 is 2.00 bits per heavy atom. The molecule has 1 aromatic rings. The number of likely N-dealkylation sites (N-methyl/N-ethyl adjacent to an activating group) is 1. The summed E-state index contributed by atoms with van der Waals surface area (Å²) in [6.45, 7) is 6.78. The second-order valence-electron chi connectivity index (χ2n) is 7.20. The first-order chi connectivity index (χ1) is 12.0. The number of benzene rings is 1. The Morgan fingerprint density at radius 1 is 1.24 bits per heavy atom. The summed E-state index contributed by atoms with van der Waals surface area (Å²) in [5.41, 5.74) is 0.464. The first-order valence-electron chi connectivity index (χ1n) is 8.96. The number of amides is 1. The van der Waals surface area contributed by atoms with Crippen LogP contribution >= 0.6 is 0 Å². The number of likely N-dealkylation sites (tertiary alicyclic amines) is 1. The largest absolute Gasteiger partial charge is 0.338 e. The zero-order chi connectivity index (χ0) is 17.8. The maximum absolute atomic E-state index is 13.6. The third-order valence-corrected chi connectivity index (χ3v) is 5.19. The van der Waals surface area contributed by atoms with E-state index in [-0.39, 0.29) is 17.0 Å². The summed E-state index contributed by atoms with van der Waals surface area (Å²) in [5.74, 6) is -0.238. The third-order valence-electron chi connectivity index (χ3n) is 5.19. The van der Waals surface area contributed by atoms with Crippen molar-refractivity contribution in [3.05, 3.63) is 35.1 Å². The average molecular weight is 344 g/mol. The first kappa shape index (κ1) is 17.8. The van der Waals surface area contributed by atoms with Gasteiger partial charge in [0.25, 0.3) is 5.91 Å². The maximum Gasteiger partial charge on any atom is 0.254 e. The quantitative estimate of drug-likeness (QED) is 0.839. The van der Waals surface area contributed by atoms with E-state index in [0.29, 0.717) is 19.0 Å². The monoisotopic (exact) mass is 344 g/mol. The molecule has 1 aromatic carbocycles. The zero-order valence-electron chi connectivity index (χ0n) is 14.7. The molecule has 0 aromatic heterocycles. The van der Waals surface area contributed by atoms with E-state index in [1.54, 1.807) is 0 Å². The Hall–Kier alpha value is -1.97. The van der Waals surface area contributed by atoms with Gasteiger partial charge in [0, 0.05) is 51.4 Å². The number of nitrogens with zero attached hydrogens (tertiary/aromatic N) is 4. The molecule has 0 bridgehead atoms. The van der Waals surface area contributed by atoms with Crippen LogP contribution in [-0.2, 0) is 0 Å². The molecule has 134 valence electrons. The van der Waals surface area contributed by atoms with Gasteiger partial charge in [0.2, 0.25) is 0 Å². The molecule has 2 heterocycles. The molecule has 2 fully saturated rings. The molecule has 25 heavy (non-hydrogen) atoms. The Morgan fingerprint density at radius 3 is 2.72 bits per heavy atom. The number of halogens is 1. The van der Waals surface area contributed by atoms with Crippen LogP contribution in [0.15, 0.2) is 18.2 Å². The van der Waals surface area contributed by atoms with Gasteiger partial charge in [0.15, 0.2) is 0 Å². The predicted octanol–water partition coefficient (Wildman–Crippen LogP) is 1.80. The topological polar surface area (TPSA) is 50.6 Å². The summed E-state index contributed by atoms with van der Waals surface area (Å²) >= 11 is 0. The van der Waals surface area contributed by atoms with Crippen molar-refractivity contribution in [2.45, 2.75) is 12.8 Å². The van der Waals surface area contributed by atoms with E-state index >= 15 is 0 Å². The molecule has 3 rings (SSSR count). The lowest BCUT2D eigenvalue weighted by Crippen LogP contribution is -2.49. The fourth-order valence-corrected chi connectivity index (χ4v) is 3.75. The van der Waals surface area contributed by atoms with Crippen LogP contribution in [0.4, 0.5) is 4.39 Å². The SMILES string of the molecule is CN1CCN(C[C@H]2CCCN(C(=O)c3cc(F)cc(C#N)c3)C2)CC1. The van der Waals surface area contributed by atoms with Crippen molar-refractivity contribution in [3.8, 4) is 6.07 Å². The minimum absolute atomic E-state index is 0.168. The number of hydrogen-bond acceptors (Lipinski definition) is 4. The van der Waals surface area contributed by atoms with Crippen LogP contribution in [-0.4, -0.2) is 73.5 Å². The highest BCUT2D eigenvalue weighted by Crippen LogP contribution is 2.21. The highest BCUT2D eigenvalue weighted by atomic mass is 19.1. The third kappa shape index (κ3) is 4.56. The normalized spacial score (nSPS) is 22.6. The van der Waals surface area contributed by atoms with Gasteiger partial charge in [-0.2, -0.15) is 5.26 Å². The average Bonchev–Trinajstić information content (AvgIpc) is 2.62. The van der Waals surface area contributed by atoms with Gasteiger partial charge < -0.3 is 14.7 Å². The molecule has 2 saturated heterocycles. The fraction of sp³-hybridized carbons (Fsp3) is 0.579. The minimum atomic E-state index is -0.534. The lowest BCUT2D eigenvalue weighted by Gasteiger charge is -2.38. The van der Waals surface area contributed by atoms with E-state index in [1.807, 2.05) is 11.0 Å². The van der Waals surface area contributed by atoms with Gasteiger partial charge in [-0.05, 0) is 44.0 Å². The summed E-state index contributed by atoms with van der Waals surface area (Å²) in [7, 11) is 2.15. The Labute approximate surface area is 148 Å². The van der Waals surface area contributed by atoms with Crippen molar-refractivity contribution in [2.24, 2.45) is 5.92 Å². The molecule has 0 N–H and O–H groups in total. The van der Waals surface area contributed by atoms with Crippen LogP contribution in [0.1, 0.15) is 28.8 Å². The molecule has 0 unspecified atom stereocenters. The van der Waals surface area contributed by atoms with Crippen LogP contribution in [0, 0.1) is 23.1 Å². The maximum atomic E-state index is 13.6. The van der Waals surface area contributed by atoms with Crippen LogP contribution < -0.4 is 0 Å². The number of nitriles is 1. The minimum Gasteiger partial charge on any atom is -0.338 e. The highest BCUT2D eigenvalue weighted by molar-refractivity contribution is 5.94. The number of hydrogen-bond donors (Lipinski definition) is 0. The molecule has 6 heteroatoms. The molecule has 0 radical (unpaired) electrons. The summed E-state index contributed by atoms with van der Waals surface area (Å²) in [6.07, 6.45) is 2.10. The summed E-state index contributed by atoms with van der Waals surface area (Å²) in [5, 5.41) is 8.97. The second kappa shape index (κ2) is 7.94. The van der Waals surface area contributed by atoms with Crippen molar-refractivity contribution >= 4 is 5.91 Å². The van der Waals surface area contributed by atoms with E-state index in [9.17, 15) is 9.18 Å². The molecule has 2 aliphatic heterocycles. The van der Waals surface area contributed by atoms with Gasteiger partial charge >= 0.3 is 0 Å². The van der Waals surface area contributed by atoms with Crippen molar-refractivity contribution in [1.82, 2.24) is 14.7 Å². The van der Waals surface area contributed by atoms with Crippen LogP contribution in [0.25, 0.3) is 0 Å². The Bertz CT molecular complexity index is 664. The van der Waals surface area contributed by atoms with Gasteiger partial charge in [-0.1, -0.05) is 0 Å². The first-order valence-corrected chi connectivity index (χ1v) is 8.96. The van der Waals surface area contributed by atoms with E-state index in [4.69, 9.17) is 5.26 Å². The van der Waals surface area contributed by atoms with E-state index in [2.05, 4.69) is 16.8 Å². The summed E-state index contributed by atoms with van der Waals surface area (Å²) in [6, 6.07) is 5.78. The number of piperazine rings is 1. The molecule has 5 nitrogen and oxygen atoms in total. The van der Waals surface area contributed by atoms with Crippen molar-refractivity contribution < 1.29 is 9.18 Å². The van der Waals surface area contributed by atoms with E-state index < -0.39 is 5.82 Å². The molecule has 1 atom stereocenters. The van der Waals surface area contributed by atoms with Crippen molar-refractivity contribution in [2.75, 3.05) is 52.9 Å². The van der Waals surface area contributed by atoms with Crippen LogP contribution in [0.5, 0.6) is 0 Å². The van der Waals surface area contributed by atoms with Crippen molar-refractivity contribution in [3.63, 3.8) is 0 Å². The lowest BCUT2D eigenvalue weighted by molar-refractivity contribution is 0.0609. The van der Waals surface area contributed by atoms with Gasteiger partial charge in [0.1, 0.15) is 5.82 Å². The summed E-state index contributed by atoms with van der Waals surface area (Å²) < 4.78 is 13.6. The Kier molecular flexibility index (Phi) is 5.67. The second-order valence-corrected chi connectivity index (χ2v) is 7.20. The molecule has 1 amide bonds. The molecular weight excluding hydrogens is 319 g/mol. The lowest BCUT2D eigenvalue weighted by atomic mass is 9.96. The zero-order valence-corrected chi connectivity index (χ0v) is 14.7. The van der Waals surface area contributed by atoms with Gasteiger partial charge in [-0.15, -0.1) is 0 Å². The fourth-order valence-electron chi connectivity index (χ4n) is 3.75. The highest BCUT2D eigenvalue weighted by Gasteiger charge is 2.27. The number of carbonyl (C=O) groups excluding carboxylic acids is 1.